The fourth-order valence-corrected chi connectivity index (χ4v) is 3.57. The number of nitrogens with zero attached hydrogens (tertiary/aromatic N) is 5. The number of halogens is 2. The first kappa shape index (κ1) is 21.0. The lowest BCUT2D eigenvalue weighted by molar-refractivity contribution is 0.277. The van der Waals surface area contributed by atoms with E-state index in [4.69, 9.17) is 16.7 Å². The molecule has 0 radical (unpaired) electrons. The van der Waals surface area contributed by atoms with Crippen LogP contribution in [0.1, 0.15) is 12.1 Å². The van der Waals surface area contributed by atoms with E-state index < -0.39 is 17.1 Å². The van der Waals surface area contributed by atoms with Crippen LogP contribution in [-0.4, -0.2) is 35.4 Å². The minimum absolute atomic E-state index is 0.0671. The molecular formula is C21H19ClFN5O3. The molecule has 10 heteroatoms. The molecule has 0 unspecified atom stereocenters. The number of pyridine rings is 1. The predicted molar refractivity (Wildman–Crippen MR) is 115 cm³/mol. The standard InChI is InChI=1S/C21H19ClFN5O3/c1-26-19-17(20(30)27(21(26)31)8-3-9-29)28(12-16-7-6-14(22)11-24-16)18(25-19)13-4-2-5-15(23)10-13/h2,4-7,10-11,29H,3,8-9,12H2,1H3. The minimum Gasteiger partial charge on any atom is -0.396 e. The van der Waals surface area contributed by atoms with Crippen molar-refractivity contribution in [1.82, 2.24) is 23.7 Å². The van der Waals surface area contributed by atoms with Crippen LogP contribution in [0, 0.1) is 5.82 Å². The molecule has 0 aliphatic heterocycles. The lowest BCUT2D eigenvalue weighted by Gasteiger charge is -2.11. The highest BCUT2D eigenvalue weighted by molar-refractivity contribution is 6.30. The number of hydrogen-bond acceptors (Lipinski definition) is 5. The lowest BCUT2D eigenvalue weighted by Crippen LogP contribution is -2.40. The van der Waals surface area contributed by atoms with Crippen molar-refractivity contribution in [3.63, 3.8) is 0 Å². The van der Waals surface area contributed by atoms with Gasteiger partial charge in [0.05, 0.1) is 17.3 Å². The number of aliphatic hydroxyl groups excluding tert-OH is 1. The van der Waals surface area contributed by atoms with Crippen LogP contribution in [0.15, 0.2) is 52.2 Å². The molecule has 160 valence electrons. The van der Waals surface area contributed by atoms with Crippen LogP contribution in [0.5, 0.6) is 0 Å². The Morgan fingerprint density at radius 3 is 2.65 bits per heavy atom. The highest BCUT2D eigenvalue weighted by Crippen LogP contribution is 2.24. The highest BCUT2D eigenvalue weighted by Gasteiger charge is 2.21. The van der Waals surface area contributed by atoms with E-state index in [-0.39, 0.29) is 37.3 Å². The zero-order valence-corrected chi connectivity index (χ0v) is 17.4. The third kappa shape index (κ3) is 3.89. The fraction of sp³-hybridized carbons (Fsp3) is 0.238. The predicted octanol–water partition coefficient (Wildman–Crippen LogP) is 2.18. The Hall–Kier alpha value is -3.30. The summed E-state index contributed by atoms with van der Waals surface area (Å²) >= 11 is 5.93. The first-order valence-corrected chi connectivity index (χ1v) is 9.96. The first-order valence-electron chi connectivity index (χ1n) is 9.58. The van der Waals surface area contributed by atoms with E-state index in [0.29, 0.717) is 22.1 Å². The molecule has 3 heterocycles. The zero-order chi connectivity index (χ0) is 22.1. The van der Waals surface area contributed by atoms with Crippen LogP contribution >= 0.6 is 11.6 Å². The topological polar surface area (TPSA) is 94.9 Å². The summed E-state index contributed by atoms with van der Waals surface area (Å²) in [6.07, 6.45) is 1.75. The van der Waals surface area contributed by atoms with Crippen LogP contribution in [0.2, 0.25) is 5.02 Å². The van der Waals surface area contributed by atoms with Crippen LogP contribution in [-0.2, 0) is 20.1 Å². The maximum atomic E-state index is 13.9. The molecule has 1 aromatic carbocycles. The van der Waals surface area contributed by atoms with Gasteiger partial charge in [-0.05, 0) is 30.7 Å². The summed E-state index contributed by atoms with van der Waals surface area (Å²) in [5.41, 5.74) is 0.372. The summed E-state index contributed by atoms with van der Waals surface area (Å²) in [6.45, 7) is 0.0701. The third-order valence-corrected chi connectivity index (χ3v) is 5.19. The molecule has 0 fully saturated rings. The first-order chi connectivity index (χ1) is 14.9. The smallest absolute Gasteiger partial charge is 0.332 e. The number of rotatable bonds is 6. The summed E-state index contributed by atoms with van der Waals surface area (Å²) in [5.74, 6) is -0.117. The number of aromatic nitrogens is 5. The van der Waals surface area contributed by atoms with Gasteiger partial charge in [-0.1, -0.05) is 23.7 Å². The van der Waals surface area contributed by atoms with Crippen molar-refractivity contribution < 1.29 is 9.50 Å². The van der Waals surface area contributed by atoms with Crippen molar-refractivity contribution in [2.45, 2.75) is 19.5 Å². The van der Waals surface area contributed by atoms with E-state index in [1.807, 2.05) is 0 Å². The second-order valence-corrected chi connectivity index (χ2v) is 7.48. The summed E-state index contributed by atoms with van der Waals surface area (Å²) in [4.78, 5) is 34.8. The molecule has 0 saturated heterocycles. The minimum atomic E-state index is -0.536. The summed E-state index contributed by atoms with van der Waals surface area (Å²) in [5, 5.41) is 9.62. The lowest BCUT2D eigenvalue weighted by atomic mass is 10.2. The van der Waals surface area contributed by atoms with Gasteiger partial charge in [-0.15, -0.1) is 0 Å². The number of hydrogen-bond donors (Lipinski definition) is 1. The summed E-state index contributed by atoms with van der Waals surface area (Å²) in [7, 11) is 1.52. The van der Waals surface area contributed by atoms with Gasteiger partial charge >= 0.3 is 5.69 Å². The van der Waals surface area contributed by atoms with Gasteiger partial charge in [0.25, 0.3) is 5.56 Å². The van der Waals surface area contributed by atoms with Crippen LogP contribution in [0.25, 0.3) is 22.6 Å². The Morgan fingerprint density at radius 1 is 1.16 bits per heavy atom. The molecule has 0 bridgehead atoms. The van der Waals surface area contributed by atoms with Crippen LogP contribution < -0.4 is 11.2 Å². The van der Waals surface area contributed by atoms with Gasteiger partial charge in [0.15, 0.2) is 11.2 Å². The van der Waals surface area contributed by atoms with Gasteiger partial charge in [0.1, 0.15) is 11.6 Å². The quantitative estimate of drug-likeness (QED) is 0.493. The molecule has 8 nitrogen and oxygen atoms in total. The number of benzene rings is 1. The monoisotopic (exact) mass is 443 g/mol. The van der Waals surface area contributed by atoms with Crippen molar-refractivity contribution in [2.24, 2.45) is 7.05 Å². The van der Waals surface area contributed by atoms with Crippen molar-refractivity contribution in [1.29, 1.82) is 0 Å². The van der Waals surface area contributed by atoms with Gasteiger partial charge in [-0.3, -0.25) is 18.9 Å². The van der Waals surface area contributed by atoms with E-state index in [1.54, 1.807) is 28.8 Å². The molecule has 31 heavy (non-hydrogen) atoms. The Kier molecular flexibility index (Phi) is 5.71. The average Bonchev–Trinajstić information content (AvgIpc) is 3.13. The van der Waals surface area contributed by atoms with Crippen LogP contribution in [0.3, 0.4) is 0 Å². The van der Waals surface area contributed by atoms with Gasteiger partial charge in [-0.2, -0.15) is 0 Å². The van der Waals surface area contributed by atoms with E-state index in [0.717, 1.165) is 4.57 Å². The van der Waals surface area contributed by atoms with Gasteiger partial charge < -0.3 is 9.67 Å². The maximum Gasteiger partial charge on any atom is 0.332 e. The second kappa shape index (κ2) is 8.44. The van der Waals surface area contributed by atoms with E-state index in [2.05, 4.69) is 9.97 Å². The fourth-order valence-electron chi connectivity index (χ4n) is 3.46. The average molecular weight is 444 g/mol. The molecule has 1 N–H and O–H groups in total. The number of aliphatic hydroxyl groups is 1. The van der Waals surface area contributed by atoms with Gasteiger partial charge in [0, 0.05) is 32.0 Å². The molecule has 0 aliphatic carbocycles. The normalized spacial score (nSPS) is 11.4. The Balaban J connectivity index is 2.03. The van der Waals surface area contributed by atoms with Gasteiger partial charge in [0.2, 0.25) is 0 Å². The zero-order valence-electron chi connectivity index (χ0n) is 16.6. The van der Waals surface area contributed by atoms with Crippen molar-refractivity contribution in [2.75, 3.05) is 6.61 Å². The SMILES string of the molecule is Cn1c(=O)n(CCCO)c(=O)c2c1nc(-c1cccc(F)c1)n2Cc1ccc(Cl)cn1. The largest absolute Gasteiger partial charge is 0.396 e. The Labute approximate surface area is 180 Å². The number of fused-ring (bicyclic) bond motifs is 1. The third-order valence-electron chi connectivity index (χ3n) is 4.96. The molecule has 0 saturated carbocycles. The molecule has 0 spiro atoms. The van der Waals surface area contributed by atoms with Crippen molar-refractivity contribution in [3.8, 4) is 11.4 Å². The van der Waals surface area contributed by atoms with Crippen LogP contribution in [0.4, 0.5) is 4.39 Å². The molecule has 3 aromatic heterocycles. The maximum absolute atomic E-state index is 13.9. The number of imidazole rings is 1. The molecule has 0 atom stereocenters. The summed E-state index contributed by atoms with van der Waals surface area (Å²) < 4.78 is 17.9. The Bertz CT molecular complexity index is 1380. The Morgan fingerprint density at radius 2 is 1.97 bits per heavy atom. The van der Waals surface area contributed by atoms with Gasteiger partial charge in [-0.25, -0.2) is 14.2 Å². The van der Waals surface area contributed by atoms with E-state index in [9.17, 15) is 14.0 Å². The molecule has 4 rings (SSSR count). The molecule has 0 amide bonds. The highest BCUT2D eigenvalue weighted by atomic mass is 35.5. The van der Waals surface area contributed by atoms with E-state index >= 15 is 0 Å². The van der Waals surface area contributed by atoms with Crippen molar-refractivity contribution in [3.05, 3.63) is 80.0 Å². The second-order valence-electron chi connectivity index (χ2n) is 7.05. The van der Waals surface area contributed by atoms with Crippen molar-refractivity contribution >= 4 is 22.8 Å². The molecule has 4 aromatic rings. The van der Waals surface area contributed by atoms with E-state index in [1.165, 1.54) is 29.9 Å². The molecular weight excluding hydrogens is 425 g/mol. The number of aryl methyl sites for hydroxylation is 1. The molecule has 0 aliphatic rings. The summed E-state index contributed by atoms with van der Waals surface area (Å²) in [6, 6.07) is 9.26.